The number of allylic oxidation sites excluding steroid dienone is 2. The summed E-state index contributed by atoms with van der Waals surface area (Å²) in [7, 11) is 0. The summed E-state index contributed by atoms with van der Waals surface area (Å²) in [6, 6.07) is 4.11. The van der Waals surface area contributed by atoms with Crippen molar-refractivity contribution in [3.63, 3.8) is 0 Å². The Labute approximate surface area is 182 Å². The first-order valence-electron chi connectivity index (χ1n) is 12.1. The van der Waals surface area contributed by atoms with E-state index < -0.39 is 0 Å². The third-order valence-electron chi connectivity index (χ3n) is 6.51. The minimum absolute atomic E-state index is 0.473. The van der Waals surface area contributed by atoms with Crippen molar-refractivity contribution in [3.05, 3.63) is 40.5 Å². The molecule has 0 aliphatic rings. The molecule has 1 aromatic carbocycles. The van der Waals surface area contributed by atoms with Gasteiger partial charge < -0.3 is 5.11 Å². The summed E-state index contributed by atoms with van der Waals surface area (Å²) >= 11 is 0. The molecule has 0 fully saturated rings. The van der Waals surface area contributed by atoms with E-state index in [-0.39, 0.29) is 0 Å². The van der Waals surface area contributed by atoms with Crippen LogP contribution in [0.2, 0.25) is 0 Å². The Hall–Kier alpha value is -1.24. The van der Waals surface area contributed by atoms with Gasteiger partial charge in [0.1, 0.15) is 5.75 Å². The van der Waals surface area contributed by atoms with Crippen molar-refractivity contribution in [2.75, 3.05) is 0 Å². The highest BCUT2D eigenvalue weighted by atomic mass is 16.3. The lowest BCUT2D eigenvalue weighted by atomic mass is 9.91. The summed E-state index contributed by atoms with van der Waals surface area (Å²) in [5.74, 6) is 3.06. The number of hydrogen-bond donors (Lipinski definition) is 1. The summed E-state index contributed by atoms with van der Waals surface area (Å²) in [4.78, 5) is 0. The molecule has 0 aliphatic heterocycles. The minimum atomic E-state index is 0.473. The van der Waals surface area contributed by atoms with E-state index in [1.54, 1.807) is 0 Å². The summed E-state index contributed by atoms with van der Waals surface area (Å²) in [6.45, 7) is 15.8. The van der Waals surface area contributed by atoms with Crippen LogP contribution in [0.4, 0.5) is 0 Å². The molecule has 0 radical (unpaired) electrons. The highest BCUT2D eigenvalue weighted by Gasteiger charge is 2.08. The average Bonchev–Trinajstić information content (AvgIpc) is 2.64. The molecule has 0 bridgehead atoms. The largest absolute Gasteiger partial charge is 0.507 e. The maximum absolute atomic E-state index is 10.3. The van der Waals surface area contributed by atoms with Crippen LogP contribution in [-0.2, 0) is 6.42 Å². The Morgan fingerprint density at radius 1 is 0.828 bits per heavy atom. The van der Waals surface area contributed by atoms with Gasteiger partial charge in [0.25, 0.3) is 0 Å². The first kappa shape index (κ1) is 25.8. The Morgan fingerprint density at radius 2 is 1.34 bits per heavy atom. The summed E-state index contributed by atoms with van der Waals surface area (Å²) in [5, 5.41) is 10.3. The third-order valence-corrected chi connectivity index (χ3v) is 6.51. The monoisotopic (exact) mass is 400 g/mol. The maximum Gasteiger partial charge on any atom is 0.122 e. The van der Waals surface area contributed by atoms with E-state index in [1.165, 1.54) is 68.9 Å². The van der Waals surface area contributed by atoms with Gasteiger partial charge in [-0.05, 0) is 68.9 Å². The van der Waals surface area contributed by atoms with Gasteiger partial charge >= 0.3 is 0 Å². The molecule has 2 atom stereocenters. The second kappa shape index (κ2) is 13.9. The van der Waals surface area contributed by atoms with Crippen LogP contribution < -0.4 is 0 Å². The molecule has 29 heavy (non-hydrogen) atoms. The van der Waals surface area contributed by atoms with E-state index in [4.69, 9.17) is 0 Å². The molecule has 1 rings (SSSR count). The van der Waals surface area contributed by atoms with Crippen LogP contribution >= 0.6 is 0 Å². The molecule has 0 unspecified atom stereocenters. The van der Waals surface area contributed by atoms with E-state index in [1.807, 2.05) is 13.0 Å². The van der Waals surface area contributed by atoms with Gasteiger partial charge in [-0.1, -0.05) is 96.4 Å². The molecule has 0 saturated heterocycles. The van der Waals surface area contributed by atoms with Gasteiger partial charge in [-0.3, -0.25) is 0 Å². The lowest BCUT2D eigenvalue weighted by molar-refractivity contribution is 0.389. The van der Waals surface area contributed by atoms with Gasteiger partial charge in [-0.15, -0.1) is 0 Å². The van der Waals surface area contributed by atoms with Crippen molar-refractivity contribution in [3.8, 4) is 5.75 Å². The predicted molar refractivity (Wildman–Crippen MR) is 130 cm³/mol. The molecule has 0 aromatic heterocycles. The Morgan fingerprint density at radius 3 is 1.93 bits per heavy atom. The Balaban J connectivity index is 2.22. The summed E-state index contributed by atoms with van der Waals surface area (Å²) < 4.78 is 0. The number of aromatic hydroxyl groups is 1. The smallest absolute Gasteiger partial charge is 0.122 e. The van der Waals surface area contributed by atoms with Crippen molar-refractivity contribution < 1.29 is 5.11 Å². The second-order valence-electron chi connectivity index (χ2n) is 10.1. The molecule has 1 aromatic rings. The van der Waals surface area contributed by atoms with E-state index >= 15 is 0 Å². The number of hydrogen-bond acceptors (Lipinski definition) is 1. The van der Waals surface area contributed by atoms with Crippen molar-refractivity contribution in [1.82, 2.24) is 0 Å². The van der Waals surface area contributed by atoms with Crippen LogP contribution in [0, 0.1) is 31.6 Å². The highest BCUT2D eigenvalue weighted by Crippen LogP contribution is 2.27. The van der Waals surface area contributed by atoms with E-state index in [0.29, 0.717) is 5.75 Å². The van der Waals surface area contributed by atoms with E-state index in [9.17, 15) is 5.11 Å². The standard InChI is InChI=1S/C28H48O/c1-21(2)11-8-12-22(3)13-9-14-23(4)15-10-16-24(5)17-20-27-25(6)18-19-26(7)28(27)29/h17-19,21-23,29H,8-16,20H2,1-7H3/b24-17+/t22-,23-/m1/s1. The molecule has 1 N–H and O–H groups in total. The quantitative estimate of drug-likeness (QED) is 0.309. The molecule has 166 valence electrons. The highest BCUT2D eigenvalue weighted by molar-refractivity contribution is 5.45. The normalized spacial score (nSPS) is 14.4. The predicted octanol–water partition coefficient (Wildman–Crippen LogP) is 8.94. The molecule has 0 saturated carbocycles. The SMILES string of the molecule is C/C(=C\Cc1c(C)ccc(C)c1O)CCC[C@H](C)CCC[C@H](C)CCCC(C)C. The van der Waals surface area contributed by atoms with E-state index in [0.717, 1.165) is 35.3 Å². The van der Waals surface area contributed by atoms with Gasteiger partial charge in [0.15, 0.2) is 0 Å². The number of phenols is 1. The molecule has 0 spiro atoms. The third kappa shape index (κ3) is 10.9. The first-order chi connectivity index (χ1) is 13.7. The zero-order chi connectivity index (χ0) is 21.8. The number of phenolic OH excluding ortho intramolecular Hbond substituents is 1. The first-order valence-corrected chi connectivity index (χ1v) is 12.1. The van der Waals surface area contributed by atoms with E-state index in [2.05, 4.69) is 53.7 Å². The fraction of sp³-hybridized carbons (Fsp3) is 0.714. The molecular weight excluding hydrogens is 352 g/mol. The van der Waals surface area contributed by atoms with Crippen LogP contribution in [0.5, 0.6) is 5.75 Å². The zero-order valence-corrected chi connectivity index (χ0v) is 20.5. The fourth-order valence-corrected chi connectivity index (χ4v) is 4.20. The minimum Gasteiger partial charge on any atom is -0.507 e. The molecule has 0 aliphatic carbocycles. The van der Waals surface area contributed by atoms with Crippen LogP contribution in [0.25, 0.3) is 0 Å². The fourth-order valence-electron chi connectivity index (χ4n) is 4.20. The molecule has 0 heterocycles. The Bertz CT molecular complexity index is 611. The molecular formula is C28H48O. The van der Waals surface area contributed by atoms with Crippen molar-refractivity contribution >= 4 is 0 Å². The van der Waals surface area contributed by atoms with Crippen LogP contribution in [0.3, 0.4) is 0 Å². The zero-order valence-electron chi connectivity index (χ0n) is 20.5. The van der Waals surface area contributed by atoms with Gasteiger partial charge in [0, 0.05) is 5.56 Å². The van der Waals surface area contributed by atoms with Gasteiger partial charge in [-0.2, -0.15) is 0 Å². The Kier molecular flexibility index (Phi) is 12.4. The number of aryl methyl sites for hydroxylation is 2. The van der Waals surface area contributed by atoms with Crippen molar-refractivity contribution in [2.24, 2.45) is 17.8 Å². The van der Waals surface area contributed by atoms with Gasteiger partial charge in [0.05, 0.1) is 0 Å². The van der Waals surface area contributed by atoms with Crippen molar-refractivity contribution in [2.45, 2.75) is 113 Å². The van der Waals surface area contributed by atoms with Crippen molar-refractivity contribution in [1.29, 1.82) is 0 Å². The second-order valence-corrected chi connectivity index (χ2v) is 10.1. The number of rotatable bonds is 14. The lowest BCUT2D eigenvalue weighted by Crippen LogP contribution is -2.00. The van der Waals surface area contributed by atoms with Crippen LogP contribution in [0.1, 0.15) is 109 Å². The summed E-state index contributed by atoms with van der Waals surface area (Å²) in [5.41, 5.74) is 4.69. The van der Waals surface area contributed by atoms with Gasteiger partial charge in [0.2, 0.25) is 0 Å². The molecule has 1 heteroatoms. The number of benzene rings is 1. The average molecular weight is 401 g/mol. The topological polar surface area (TPSA) is 20.2 Å². The molecule has 0 amide bonds. The molecule has 1 nitrogen and oxygen atoms in total. The van der Waals surface area contributed by atoms with Gasteiger partial charge in [-0.25, -0.2) is 0 Å². The van der Waals surface area contributed by atoms with Crippen LogP contribution in [0.15, 0.2) is 23.8 Å². The van der Waals surface area contributed by atoms with Crippen LogP contribution in [-0.4, -0.2) is 5.11 Å². The summed E-state index contributed by atoms with van der Waals surface area (Å²) in [6.07, 6.45) is 15.3. The lowest BCUT2D eigenvalue weighted by Gasteiger charge is -2.15. The maximum atomic E-state index is 10.3.